The van der Waals surface area contributed by atoms with E-state index in [0.29, 0.717) is 12.1 Å². The van der Waals surface area contributed by atoms with Crippen LogP contribution in [0, 0.1) is 0 Å². The number of amides is 1. The molecule has 0 saturated carbocycles. The number of benzene rings is 1. The lowest BCUT2D eigenvalue weighted by atomic mass is 10.1. The number of thiazole rings is 1. The van der Waals surface area contributed by atoms with Gasteiger partial charge < -0.3 is 10.0 Å². The minimum absolute atomic E-state index is 0.0375. The first kappa shape index (κ1) is 12.6. The maximum Gasteiger partial charge on any atom is 0.227 e. The molecular weight excluding hydrogens is 248 g/mol. The van der Waals surface area contributed by atoms with E-state index in [1.54, 1.807) is 35.7 Å². The van der Waals surface area contributed by atoms with Crippen molar-refractivity contribution in [1.29, 1.82) is 0 Å². The van der Waals surface area contributed by atoms with Crippen molar-refractivity contribution in [3.63, 3.8) is 0 Å². The van der Waals surface area contributed by atoms with E-state index in [4.69, 9.17) is 0 Å². The predicted molar refractivity (Wildman–Crippen MR) is 70.4 cm³/mol. The molecule has 2 aromatic rings. The maximum atomic E-state index is 12.0. The Bertz CT molecular complexity index is 526. The van der Waals surface area contributed by atoms with Crippen molar-refractivity contribution >= 4 is 17.2 Å². The van der Waals surface area contributed by atoms with Gasteiger partial charge in [-0.2, -0.15) is 0 Å². The molecule has 0 aliphatic carbocycles. The molecule has 4 nitrogen and oxygen atoms in total. The van der Waals surface area contributed by atoms with Crippen molar-refractivity contribution in [2.24, 2.45) is 0 Å². The van der Waals surface area contributed by atoms with E-state index >= 15 is 0 Å². The zero-order chi connectivity index (χ0) is 13.0. The first-order valence-corrected chi connectivity index (χ1v) is 6.49. The normalized spacial score (nSPS) is 10.3. The second-order valence-corrected chi connectivity index (χ2v) is 4.75. The van der Waals surface area contributed by atoms with Gasteiger partial charge in [0.05, 0.1) is 24.2 Å². The fraction of sp³-hybridized carbons (Fsp3) is 0.231. The molecule has 0 atom stereocenters. The Kier molecular flexibility index (Phi) is 3.94. The van der Waals surface area contributed by atoms with Crippen molar-refractivity contribution in [3.05, 3.63) is 46.4 Å². The highest BCUT2D eigenvalue weighted by atomic mass is 32.1. The summed E-state index contributed by atoms with van der Waals surface area (Å²) < 4.78 is 0. The second kappa shape index (κ2) is 5.64. The number of carbonyl (C=O) groups excluding carboxylic acids is 1. The summed E-state index contributed by atoms with van der Waals surface area (Å²) in [6, 6.07) is 6.89. The third kappa shape index (κ3) is 3.07. The molecule has 1 amide bonds. The van der Waals surface area contributed by atoms with Crippen LogP contribution < -0.4 is 0 Å². The van der Waals surface area contributed by atoms with Crippen molar-refractivity contribution in [2.45, 2.75) is 13.0 Å². The Labute approximate surface area is 110 Å². The fourth-order valence-electron chi connectivity index (χ4n) is 1.60. The summed E-state index contributed by atoms with van der Waals surface area (Å²) in [6.07, 6.45) is 0.202. The van der Waals surface area contributed by atoms with Crippen LogP contribution in [0.15, 0.2) is 35.2 Å². The van der Waals surface area contributed by atoms with Gasteiger partial charge in [0.25, 0.3) is 0 Å². The molecule has 0 bridgehead atoms. The number of carbonyl (C=O) groups is 1. The number of rotatable bonds is 4. The second-order valence-electron chi connectivity index (χ2n) is 4.04. The molecule has 0 fully saturated rings. The highest BCUT2D eigenvalue weighted by Crippen LogP contribution is 2.17. The summed E-state index contributed by atoms with van der Waals surface area (Å²) in [5, 5.41) is 11.5. The molecule has 94 valence electrons. The van der Waals surface area contributed by atoms with Crippen molar-refractivity contribution in [1.82, 2.24) is 9.88 Å². The minimum atomic E-state index is -0.0375. The number of hydrogen-bond acceptors (Lipinski definition) is 4. The van der Waals surface area contributed by atoms with Crippen molar-refractivity contribution in [3.8, 4) is 5.75 Å². The van der Waals surface area contributed by atoms with Gasteiger partial charge in [0, 0.05) is 18.0 Å². The number of hydrogen-bond donors (Lipinski definition) is 1. The number of likely N-dealkylation sites (N-methyl/N-ethyl adjacent to an activating group) is 1. The Hall–Kier alpha value is -1.88. The van der Waals surface area contributed by atoms with E-state index in [1.807, 2.05) is 11.4 Å². The Morgan fingerprint density at radius 3 is 2.89 bits per heavy atom. The molecule has 5 heteroatoms. The summed E-state index contributed by atoms with van der Waals surface area (Å²) >= 11 is 1.51. The number of phenols is 1. The molecule has 1 aromatic heterocycles. The van der Waals surface area contributed by atoms with Gasteiger partial charge in [0.15, 0.2) is 0 Å². The zero-order valence-corrected chi connectivity index (χ0v) is 10.9. The lowest BCUT2D eigenvalue weighted by Gasteiger charge is -2.16. The van der Waals surface area contributed by atoms with E-state index in [-0.39, 0.29) is 18.1 Å². The molecule has 2 rings (SSSR count). The summed E-state index contributed by atoms with van der Waals surface area (Å²) in [5.74, 6) is 0.123. The van der Waals surface area contributed by atoms with E-state index in [1.165, 1.54) is 11.3 Å². The molecule has 0 aliphatic rings. The number of nitrogens with zero attached hydrogens (tertiary/aromatic N) is 2. The highest BCUT2D eigenvalue weighted by molar-refractivity contribution is 7.07. The van der Waals surface area contributed by atoms with Crippen molar-refractivity contribution in [2.75, 3.05) is 7.05 Å². The van der Waals surface area contributed by atoms with Gasteiger partial charge in [-0.15, -0.1) is 11.3 Å². The molecule has 1 aromatic carbocycles. The molecule has 0 radical (unpaired) electrons. The van der Waals surface area contributed by atoms with Gasteiger partial charge in [0.2, 0.25) is 5.91 Å². The molecule has 0 saturated heterocycles. The van der Waals surface area contributed by atoms with Crippen LogP contribution in [-0.2, 0) is 17.8 Å². The van der Waals surface area contributed by atoms with Crippen LogP contribution in [0.25, 0.3) is 0 Å². The fourth-order valence-corrected chi connectivity index (χ4v) is 2.15. The van der Waals surface area contributed by atoms with E-state index in [9.17, 15) is 9.90 Å². The number of phenolic OH excluding ortho intramolecular Hbond substituents is 1. The third-order valence-corrected chi connectivity index (χ3v) is 3.28. The number of aromatic hydroxyl groups is 1. The topological polar surface area (TPSA) is 53.4 Å². The Morgan fingerprint density at radius 2 is 2.22 bits per heavy atom. The van der Waals surface area contributed by atoms with E-state index in [2.05, 4.69) is 4.98 Å². The highest BCUT2D eigenvalue weighted by Gasteiger charge is 2.12. The summed E-state index contributed by atoms with van der Waals surface area (Å²) in [6.45, 7) is 0.496. The van der Waals surface area contributed by atoms with Crippen LogP contribution in [0.5, 0.6) is 5.75 Å². The van der Waals surface area contributed by atoms with Crippen LogP contribution in [0.1, 0.15) is 11.3 Å². The SMILES string of the molecule is CN(Cc1cscn1)C(=O)Cc1ccccc1O. The molecule has 0 aliphatic heterocycles. The Morgan fingerprint density at radius 1 is 1.44 bits per heavy atom. The summed E-state index contributed by atoms with van der Waals surface area (Å²) in [7, 11) is 1.74. The van der Waals surface area contributed by atoms with Crippen LogP contribution in [0.3, 0.4) is 0 Å². The lowest BCUT2D eigenvalue weighted by Crippen LogP contribution is -2.27. The van der Waals surface area contributed by atoms with Gasteiger partial charge in [-0.25, -0.2) is 4.98 Å². The largest absolute Gasteiger partial charge is 0.508 e. The standard InChI is InChI=1S/C13H14N2O2S/c1-15(7-11-8-18-9-14-11)13(17)6-10-4-2-3-5-12(10)16/h2-5,8-9,16H,6-7H2,1H3. The monoisotopic (exact) mass is 262 g/mol. The minimum Gasteiger partial charge on any atom is -0.508 e. The quantitative estimate of drug-likeness (QED) is 0.917. The zero-order valence-electron chi connectivity index (χ0n) is 10.0. The van der Waals surface area contributed by atoms with Crippen LogP contribution in [0.2, 0.25) is 0 Å². The van der Waals surface area contributed by atoms with Crippen LogP contribution in [-0.4, -0.2) is 27.9 Å². The first-order valence-electron chi connectivity index (χ1n) is 5.54. The van der Waals surface area contributed by atoms with Crippen LogP contribution >= 0.6 is 11.3 Å². The van der Waals surface area contributed by atoms with E-state index in [0.717, 1.165) is 5.69 Å². The maximum absolute atomic E-state index is 12.0. The average molecular weight is 262 g/mol. The lowest BCUT2D eigenvalue weighted by molar-refractivity contribution is -0.129. The summed E-state index contributed by atoms with van der Waals surface area (Å²) in [5.41, 5.74) is 3.28. The van der Waals surface area contributed by atoms with Crippen LogP contribution in [0.4, 0.5) is 0 Å². The average Bonchev–Trinajstić information content (AvgIpc) is 2.84. The van der Waals surface area contributed by atoms with Gasteiger partial charge in [-0.1, -0.05) is 18.2 Å². The molecular formula is C13H14N2O2S. The van der Waals surface area contributed by atoms with Gasteiger partial charge >= 0.3 is 0 Å². The Balaban J connectivity index is 1.98. The number of aromatic nitrogens is 1. The smallest absolute Gasteiger partial charge is 0.227 e. The van der Waals surface area contributed by atoms with Gasteiger partial charge in [0.1, 0.15) is 5.75 Å². The number of para-hydroxylation sites is 1. The molecule has 0 unspecified atom stereocenters. The van der Waals surface area contributed by atoms with Gasteiger partial charge in [-0.3, -0.25) is 4.79 Å². The van der Waals surface area contributed by atoms with E-state index < -0.39 is 0 Å². The first-order chi connectivity index (χ1) is 8.66. The van der Waals surface area contributed by atoms with Crippen molar-refractivity contribution < 1.29 is 9.90 Å². The molecule has 1 N–H and O–H groups in total. The molecule has 18 heavy (non-hydrogen) atoms. The predicted octanol–water partition coefficient (Wildman–Crippen LogP) is 2.05. The summed E-state index contributed by atoms with van der Waals surface area (Å²) in [4.78, 5) is 17.7. The van der Waals surface area contributed by atoms with Gasteiger partial charge in [-0.05, 0) is 6.07 Å². The third-order valence-electron chi connectivity index (χ3n) is 2.64. The molecule has 1 heterocycles. The molecule has 0 spiro atoms.